The van der Waals surface area contributed by atoms with E-state index in [1.54, 1.807) is 0 Å². The number of carbonyl (C=O) groups is 1. The zero-order valence-corrected chi connectivity index (χ0v) is 15.5. The summed E-state index contributed by atoms with van der Waals surface area (Å²) in [5, 5.41) is 1.41. The third kappa shape index (κ3) is 3.83. The molecule has 3 nitrogen and oxygen atoms in total. The van der Waals surface area contributed by atoms with Gasteiger partial charge in [-0.05, 0) is 55.0 Å². The molecule has 23 heavy (non-hydrogen) atoms. The number of thioether (sulfide) groups is 1. The van der Waals surface area contributed by atoms with Gasteiger partial charge in [0.05, 0.1) is 10.6 Å². The predicted octanol–water partition coefficient (Wildman–Crippen LogP) is 4.99. The van der Waals surface area contributed by atoms with E-state index in [1.165, 1.54) is 16.8 Å². The number of hydrazine groups is 1. The third-order valence-corrected chi connectivity index (χ3v) is 5.08. The second kappa shape index (κ2) is 6.86. The molecule has 1 fully saturated rings. The fourth-order valence-electron chi connectivity index (χ4n) is 2.03. The number of nitrogens with one attached hydrogen (secondary N) is 1. The standard InChI is InChI=1S/C17H13BrN2OS2/c1-11-2-8-14(9-3-11)19-20-16(21)15(23-17(20)22)10-12-4-6-13(18)7-5-12/h2-10,19H,1H3/b15-10+. The van der Waals surface area contributed by atoms with E-state index in [9.17, 15) is 4.79 Å². The third-order valence-electron chi connectivity index (χ3n) is 3.25. The van der Waals surface area contributed by atoms with Crippen LogP contribution in [0.4, 0.5) is 5.69 Å². The molecule has 0 saturated carbocycles. The topological polar surface area (TPSA) is 32.3 Å². The van der Waals surface area contributed by atoms with Crippen LogP contribution in [0.1, 0.15) is 11.1 Å². The van der Waals surface area contributed by atoms with Gasteiger partial charge in [0.1, 0.15) is 0 Å². The molecule has 2 aromatic rings. The van der Waals surface area contributed by atoms with Crippen molar-refractivity contribution in [2.75, 3.05) is 5.43 Å². The quantitative estimate of drug-likeness (QED) is 0.576. The lowest BCUT2D eigenvalue weighted by molar-refractivity contribution is -0.121. The fraction of sp³-hybridized carbons (Fsp3) is 0.0588. The summed E-state index contributed by atoms with van der Waals surface area (Å²) in [6, 6.07) is 15.6. The molecule has 3 rings (SSSR count). The lowest BCUT2D eigenvalue weighted by atomic mass is 10.2. The van der Waals surface area contributed by atoms with Crippen molar-refractivity contribution in [3.63, 3.8) is 0 Å². The molecule has 0 bridgehead atoms. The summed E-state index contributed by atoms with van der Waals surface area (Å²) in [6.07, 6.45) is 1.85. The van der Waals surface area contributed by atoms with Gasteiger partial charge in [0, 0.05) is 4.47 Å². The van der Waals surface area contributed by atoms with Crippen molar-refractivity contribution in [1.29, 1.82) is 0 Å². The number of aryl methyl sites for hydroxylation is 1. The summed E-state index contributed by atoms with van der Waals surface area (Å²) < 4.78 is 1.50. The summed E-state index contributed by atoms with van der Waals surface area (Å²) in [4.78, 5) is 13.1. The van der Waals surface area contributed by atoms with Crippen molar-refractivity contribution in [2.45, 2.75) is 6.92 Å². The Morgan fingerprint density at radius 2 is 1.78 bits per heavy atom. The van der Waals surface area contributed by atoms with Crippen molar-refractivity contribution >= 4 is 61.9 Å². The number of anilines is 1. The summed E-state index contributed by atoms with van der Waals surface area (Å²) in [5.74, 6) is -0.136. The van der Waals surface area contributed by atoms with Gasteiger partial charge in [-0.3, -0.25) is 10.2 Å². The van der Waals surface area contributed by atoms with E-state index in [0.29, 0.717) is 9.23 Å². The van der Waals surface area contributed by atoms with E-state index >= 15 is 0 Å². The molecule has 1 saturated heterocycles. The molecule has 0 aliphatic carbocycles. The summed E-state index contributed by atoms with van der Waals surface area (Å²) in [5.41, 5.74) is 6.02. The van der Waals surface area contributed by atoms with Gasteiger partial charge < -0.3 is 0 Å². The average molecular weight is 405 g/mol. The lowest BCUT2D eigenvalue weighted by Gasteiger charge is -2.17. The van der Waals surface area contributed by atoms with Gasteiger partial charge in [0.25, 0.3) is 5.91 Å². The molecule has 0 atom stereocenters. The van der Waals surface area contributed by atoms with Crippen molar-refractivity contribution in [1.82, 2.24) is 5.01 Å². The molecule has 0 spiro atoms. The highest BCUT2D eigenvalue weighted by Crippen LogP contribution is 2.32. The first kappa shape index (κ1) is 16.2. The van der Waals surface area contributed by atoms with Crippen molar-refractivity contribution in [3.8, 4) is 0 Å². The maximum Gasteiger partial charge on any atom is 0.285 e. The Balaban J connectivity index is 1.79. The van der Waals surface area contributed by atoms with Gasteiger partial charge in [-0.25, -0.2) is 5.01 Å². The SMILES string of the molecule is Cc1ccc(NN2C(=O)/C(=C\c3ccc(Br)cc3)SC2=S)cc1. The van der Waals surface area contributed by atoms with E-state index in [4.69, 9.17) is 12.2 Å². The van der Waals surface area contributed by atoms with Crippen molar-refractivity contribution in [2.24, 2.45) is 0 Å². The minimum absolute atomic E-state index is 0.136. The van der Waals surface area contributed by atoms with Gasteiger partial charge in [-0.2, -0.15) is 0 Å². The summed E-state index contributed by atoms with van der Waals surface area (Å²) >= 11 is 10.0. The number of amides is 1. The highest BCUT2D eigenvalue weighted by atomic mass is 79.9. The minimum atomic E-state index is -0.136. The first-order valence-electron chi connectivity index (χ1n) is 6.90. The van der Waals surface area contributed by atoms with Crippen LogP contribution in [0.15, 0.2) is 57.9 Å². The minimum Gasteiger partial charge on any atom is -0.290 e. The van der Waals surface area contributed by atoms with E-state index in [2.05, 4.69) is 21.4 Å². The second-order valence-corrected chi connectivity index (χ2v) is 7.64. The zero-order chi connectivity index (χ0) is 16.4. The molecule has 0 unspecified atom stereocenters. The Morgan fingerprint density at radius 3 is 2.43 bits per heavy atom. The molecule has 1 aliphatic rings. The smallest absolute Gasteiger partial charge is 0.285 e. The summed E-state index contributed by atoms with van der Waals surface area (Å²) in [6.45, 7) is 2.02. The van der Waals surface area contributed by atoms with E-state index < -0.39 is 0 Å². The van der Waals surface area contributed by atoms with E-state index in [1.807, 2.05) is 61.5 Å². The highest BCUT2D eigenvalue weighted by molar-refractivity contribution is 9.10. The molecule has 1 N–H and O–H groups in total. The Hall–Kier alpha value is -1.63. The van der Waals surface area contributed by atoms with Gasteiger partial charge in [0.2, 0.25) is 0 Å². The van der Waals surface area contributed by atoms with Gasteiger partial charge in [0.15, 0.2) is 4.32 Å². The lowest BCUT2D eigenvalue weighted by Crippen LogP contribution is -2.33. The second-order valence-electron chi connectivity index (χ2n) is 5.05. The first-order valence-corrected chi connectivity index (χ1v) is 8.91. The fourth-order valence-corrected chi connectivity index (χ4v) is 3.48. The number of halogens is 1. The van der Waals surface area contributed by atoms with Crippen LogP contribution in [0, 0.1) is 6.92 Å². The molecule has 2 aromatic carbocycles. The van der Waals surface area contributed by atoms with Crippen molar-refractivity contribution in [3.05, 3.63) is 69.0 Å². The average Bonchev–Trinajstić information content (AvgIpc) is 2.79. The van der Waals surface area contributed by atoms with Crippen LogP contribution in [0.25, 0.3) is 6.08 Å². The van der Waals surface area contributed by atoms with Crippen LogP contribution in [0.5, 0.6) is 0 Å². The maximum atomic E-state index is 12.5. The number of nitrogens with zero attached hydrogens (tertiary/aromatic N) is 1. The summed E-state index contributed by atoms with van der Waals surface area (Å²) in [7, 11) is 0. The number of carbonyl (C=O) groups excluding carboxylic acids is 1. The first-order chi connectivity index (χ1) is 11.0. The van der Waals surface area contributed by atoms with E-state index in [-0.39, 0.29) is 5.91 Å². The van der Waals surface area contributed by atoms with Crippen LogP contribution in [0.2, 0.25) is 0 Å². The van der Waals surface area contributed by atoms with Crippen LogP contribution in [0.3, 0.4) is 0 Å². The molecular formula is C17H13BrN2OS2. The van der Waals surface area contributed by atoms with Gasteiger partial charge in [-0.15, -0.1) is 0 Å². The monoisotopic (exact) mass is 404 g/mol. The molecular weight excluding hydrogens is 392 g/mol. The van der Waals surface area contributed by atoms with Crippen LogP contribution >= 0.6 is 39.9 Å². The molecule has 1 aliphatic heterocycles. The Kier molecular flexibility index (Phi) is 4.84. The Bertz CT molecular complexity index is 785. The number of thiocarbonyl (C=S) groups is 1. The highest BCUT2D eigenvalue weighted by Gasteiger charge is 2.32. The molecule has 0 aromatic heterocycles. The maximum absolute atomic E-state index is 12.5. The number of hydrogen-bond acceptors (Lipinski definition) is 4. The molecule has 0 radical (unpaired) electrons. The van der Waals surface area contributed by atoms with Gasteiger partial charge >= 0.3 is 0 Å². The number of hydrogen-bond donors (Lipinski definition) is 1. The number of rotatable bonds is 3. The van der Waals surface area contributed by atoms with Crippen molar-refractivity contribution < 1.29 is 4.79 Å². The predicted molar refractivity (Wildman–Crippen MR) is 104 cm³/mol. The van der Waals surface area contributed by atoms with Crippen LogP contribution < -0.4 is 5.43 Å². The largest absolute Gasteiger partial charge is 0.290 e. The Labute approximate surface area is 152 Å². The molecule has 116 valence electrons. The molecule has 6 heteroatoms. The zero-order valence-electron chi connectivity index (χ0n) is 12.2. The number of benzene rings is 2. The van der Waals surface area contributed by atoms with E-state index in [0.717, 1.165) is 21.3 Å². The van der Waals surface area contributed by atoms with Crippen LogP contribution in [-0.2, 0) is 4.79 Å². The normalized spacial score (nSPS) is 16.3. The van der Waals surface area contributed by atoms with Gasteiger partial charge in [-0.1, -0.05) is 57.5 Å². The molecule has 1 heterocycles. The Morgan fingerprint density at radius 1 is 1.13 bits per heavy atom. The molecule has 1 amide bonds. The van der Waals surface area contributed by atoms with Crippen LogP contribution in [-0.4, -0.2) is 15.2 Å².